The molecule has 0 radical (unpaired) electrons. The van der Waals surface area contributed by atoms with E-state index in [9.17, 15) is 20.0 Å². The molecule has 148 valence electrons. The summed E-state index contributed by atoms with van der Waals surface area (Å²) in [4.78, 5) is 33.5. The summed E-state index contributed by atoms with van der Waals surface area (Å²) < 4.78 is 11.2. The van der Waals surface area contributed by atoms with Crippen LogP contribution in [0.2, 0.25) is 5.28 Å². The fraction of sp³-hybridized carbons (Fsp3) is 0.500. The van der Waals surface area contributed by atoms with E-state index in [1.165, 1.54) is 10.9 Å². The number of ether oxygens (including phenoxy) is 1. The number of nitrogens with two attached hydrogens (primary N) is 1. The lowest BCUT2D eigenvalue weighted by Gasteiger charge is -2.35. The number of aliphatic hydroxyl groups is 2. The molecule has 1 saturated heterocycles. The summed E-state index contributed by atoms with van der Waals surface area (Å²) >= 11 is 9.87. The maximum absolute atomic E-state index is 10.9. The van der Waals surface area contributed by atoms with Crippen LogP contribution in [0.3, 0.4) is 0 Å². The second-order valence-electron chi connectivity index (χ2n) is 4.99. The first-order valence-corrected chi connectivity index (χ1v) is 9.44. The number of anilines is 1. The third-order valence-electron chi connectivity index (χ3n) is 3.43. The van der Waals surface area contributed by atoms with Crippen LogP contribution in [0.15, 0.2) is 6.33 Å². The quantitative estimate of drug-likeness (QED) is 0.272. The lowest BCUT2D eigenvalue weighted by molar-refractivity contribution is -0.322. The van der Waals surface area contributed by atoms with E-state index in [-0.39, 0.29) is 34.6 Å². The molecule has 1 aliphatic heterocycles. The van der Waals surface area contributed by atoms with Gasteiger partial charge in [-0.05, 0) is 11.6 Å². The lowest BCUT2D eigenvalue weighted by atomic mass is 10.1. The first-order valence-electron chi connectivity index (χ1n) is 6.51. The Morgan fingerprint density at radius 3 is 2.62 bits per heavy atom. The Morgan fingerprint density at radius 1 is 1.35 bits per heavy atom. The molecular formula is C10H19ClN7O6PS. The van der Waals surface area contributed by atoms with Crippen LogP contribution in [0.4, 0.5) is 5.82 Å². The van der Waals surface area contributed by atoms with Gasteiger partial charge in [0.05, 0.1) is 12.9 Å². The van der Waals surface area contributed by atoms with E-state index in [4.69, 9.17) is 22.1 Å². The fourth-order valence-corrected chi connectivity index (χ4v) is 3.04. The van der Waals surface area contributed by atoms with Crippen molar-refractivity contribution < 1.29 is 29.3 Å². The van der Waals surface area contributed by atoms with E-state index in [1.54, 1.807) is 0 Å². The van der Waals surface area contributed by atoms with E-state index in [1.807, 2.05) is 0 Å². The number of aliphatic hydroxyl groups excluding tert-OH is 2. The maximum atomic E-state index is 10.9. The largest absolute Gasteiger partial charge is 0.812 e. The molecule has 2 aromatic heterocycles. The Kier molecular flexibility index (Phi) is 7.37. The Bertz CT molecular complexity index is 821. The van der Waals surface area contributed by atoms with Crippen LogP contribution in [0.1, 0.15) is 6.23 Å². The highest BCUT2D eigenvalue weighted by molar-refractivity contribution is 8.05. The van der Waals surface area contributed by atoms with E-state index in [0.29, 0.717) is 0 Å². The van der Waals surface area contributed by atoms with Crippen LogP contribution < -0.4 is 27.8 Å². The molecule has 0 bridgehead atoms. The van der Waals surface area contributed by atoms with Crippen molar-refractivity contribution in [2.45, 2.75) is 24.5 Å². The molecule has 2 aromatic rings. The summed E-state index contributed by atoms with van der Waals surface area (Å²) in [6, 6.07) is 0. The van der Waals surface area contributed by atoms with Gasteiger partial charge in [-0.2, -0.15) is 9.97 Å². The van der Waals surface area contributed by atoms with Crippen molar-refractivity contribution in [1.82, 2.24) is 31.8 Å². The zero-order valence-corrected chi connectivity index (χ0v) is 16.2. The molecule has 26 heavy (non-hydrogen) atoms. The molecule has 0 saturated carbocycles. The van der Waals surface area contributed by atoms with Gasteiger partial charge in [-0.25, -0.2) is 4.98 Å². The van der Waals surface area contributed by atoms with Crippen molar-refractivity contribution in [2.75, 3.05) is 12.3 Å². The van der Waals surface area contributed by atoms with Crippen LogP contribution in [0.5, 0.6) is 0 Å². The van der Waals surface area contributed by atoms with Crippen LogP contribution in [0, 0.1) is 0 Å². The molecule has 0 aromatic carbocycles. The second kappa shape index (κ2) is 8.33. The highest BCUT2D eigenvalue weighted by Gasteiger charge is 2.44. The number of halogens is 1. The predicted molar refractivity (Wildman–Crippen MR) is 92.9 cm³/mol. The number of aromatic nitrogens is 4. The minimum atomic E-state index is -4.41. The van der Waals surface area contributed by atoms with E-state index in [0.717, 1.165) is 0 Å². The molecule has 16 heteroatoms. The number of rotatable bonds is 4. The molecule has 12 N–H and O–H groups in total. The van der Waals surface area contributed by atoms with Gasteiger partial charge in [-0.3, -0.25) is 4.57 Å². The van der Waals surface area contributed by atoms with Gasteiger partial charge in [0, 0.05) is 0 Å². The average molecular weight is 432 g/mol. The minimum Gasteiger partial charge on any atom is -0.812 e. The molecule has 1 aliphatic rings. The van der Waals surface area contributed by atoms with Gasteiger partial charge in [0.1, 0.15) is 23.8 Å². The van der Waals surface area contributed by atoms with Crippen LogP contribution in [0.25, 0.3) is 11.2 Å². The molecule has 1 fully saturated rings. The third-order valence-corrected chi connectivity index (χ3v) is 4.38. The third kappa shape index (κ3) is 4.44. The first-order chi connectivity index (χ1) is 11.2. The van der Waals surface area contributed by atoms with Crippen molar-refractivity contribution in [2.24, 2.45) is 0 Å². The van der Waals surface area contributed by atoms with Gasteiger partial charge < -0.3 is 47.3 Å². The number of imidazole rings is 1. The average Bonchev–Trinajstić information content (AvgIpc) is 3.00. The Balaban J connectivity index is 0.00000169. The summed E-state index contributed by atoms with van der Waals surface area (Å²) in [6.45, 7) is -4.95. The number of nitrogen functional groups attached to an aromatic ring is 1. The van der Waals surface area contributed by atoms with Gasteiger partial charge in [-0.15, -0.1) is 11.8 Å². The summed E-state index contributed by atoms with van der Waals surface area (Å²) in [7, 11) is 0. The van der Waals surface area contributed by atoms with Gasteiger partial charge in [0.15, 0.2) is 17.7 Å². The highest BCUT2D eigenvalue weighted by Crippen LogP contribution is 2.34. The molecule has 4 atom stereocenters. The van der Waals surface area contributed by atoms with Crippen molar-refractivity contribution >= 4 is 47.1 Å². The van der Waals surface area contributed by atoms with Gasteiger partial charge in [0.25, 0.3) is 0 Å². The second-order valence-corrected chi connectivity index (χ2v) is 7.82. The standard InChI is InChI=1S/C10H13ClN5O6PS.2H3N/c11-10-14-7(12)4-8(15-10)16(2-13-4)9-6(18)5(17)3(22-9)1-21-23(19,20)24;;/h2-3,5-6,9,17-18H,1H2,(H2,12,14,15)(H2,19,20,24);2*1H3/t3-,5-,6-,9-;;/m1../s1. The van der Waals surface area contributed by atoms with Crippen LogP contribution >= 0.6 is 18.3 Å². The Hall–Kier alpha value is -1.03. The molecule has 0 aliphatic carbocycles. The monoisotopic (exact) mass is 431 g/mol. The molecule has 3 rings (SSSR count). The number of hydrogen-bond acceptors (Lipinski definition) is 11. The molecule has 13 nitrogen and oxygen atoms in total. The molecule has 0 amide bonds. The van der Waals surface area contributed by atoms with Crippen molar-refractivity contribution in [1.29, 1.82) is 0 Å². The van der Waals surface area contributed by atoms with Crippen molar-refractivity contribution in [3.05, 3.63) is 11.6 Å². The smallest absolute Gasteiger partial charge is 0.226 e. The Morgan fingerprint density at radius 2 is 2.00 bits per heavy atom. The summed E-state index contributed by atoms with van der Waals surface area (Å²) in [5, 5.41) is 20.0. The summed E-state index contributed by atoms with van der Waals surface area (Å²) in [5.74, 6) is 0.0371. The van der Waals surface area contributed by atoms with E-state index in [2.05, 4.69) is 31.3 Å². The normalized spacial score (nSPS) is 25.7. The van der Waals surface area contributed by atoms with Gasteiger partial charge in [-0.1, -0.05) is 6.72 Å². The number of fused-ring (bicyclic) bond motifs is 1. The molecule has 0 unspecified atom stereocenters. The number of nitrogens with zero attached hydrogens (tertiary/aromatic N) is 4. The van der Waals surface area contributed by atoms with Gasteiger partial charge in [0.2, 0.25) is 5.28 Å². The highest BCUT2D eigenvalue weighted by atomic mass is 35.5. The predicted octanol–water partition coefficient (Wildman–Crippen LogP) is -1.60. The maximum Gasteiger partial charge on any atom is 0.226 e. The van der Waals surface area contributed by atoms with Crippen LogP contribution in [-0.2, 0) is 21.1 Å². The van der Waals surface area contributed by atoms with Crippen molar-refractivity contribution in [3.63, 3.8) is 0 Å². The zero-order chi connectivity index (χ0) is 17.6. The minimum absolute atomic E-state index is 0. The first kappa shape index (κ1) is 23.0. The van der Waals surface area contributed by atoms with Crippen molar-refractivity contribution in [3.8, 4) is 0 Å². The fourth-order valence-electron chi connectivity index (χ4n) is 2.36. The number of quaternary nitrogens is 2. The van der Waals surface area contributed by atoms with Crippen LogP contribution in [-0.4, -0.2) is 54.7 Å². The topological polar surface area (TPSA) is 248 Å². The van der Waals surface area contributed by atoms with E-state index < -0.39 is 37.9 Å². The summed E-state index contributed by atoms with van der Waals surface area (Å²) in [6.07, 6.45) is -3.77. The van der Waals surface area contributed by atoms with E-state index >= 15 is 0 Å². The summed E-state index contributed by atoms with van der Waals surface area (Å²) in [5.41, 5.74) is 6.11. The van der Waals surface area contributed by atoms with Gasteiger partial charge >= 0.3 is 0 Å². The molecule has 3 heterocycles. The molecule has 0 spiro atoms. The Labute approximate surface area is 157 Å². The lowest BCUT2D eigenvalue weighted by Crippen LogP contribution is -2.34. The number of hydrogen-bond donors (Lipinski definition) is 5. The molecular weight excluding hydrogens is 413 g/mol. The SMILES string of the molecule is Nc1nc(Cl)nc2c1ncn2[C@@H]1O[C@H](COP([O-])([O-])=S)[C@@H](O)[C@H]1O.[NH4+].[NH4+]. The zero-order valence-electron chi connectivity index (χ0n) is 13.7.